The van der Waals surface area contributed by atoms with Crippen LogP contribution in [0.4, 0.5) is 11.4 Å². The molecule has 118 valence electrons. The van der Waals surface area contributed by atoms with Gasteiger partial charge in [-0.3, -0.25) is 4.48 Å². The van der Waals surface area contributed by atoms with Crippen LogP contribution in [0.15, 0.2) is 48.5 Å². The lowest BCUT2D eigenvalue weighted by atomic mass is 10.1. The third-order valence-corrected chi connectivity index (χ3v) is 3.55. The number of nitrogens with zero attached hydrogens (tertiary/aromatic N) is 2. The molecule has 0 radical (unpaired) electrons. The summed E-state index contributed by atoms with van der Waals surface area (Å²) < 4.78 is 0.843. The molecule has 3 heteroatoms. The minimum atomic E-state index is 0. The fourth-order valence-electron chi connectivity index (χ4n) is 2.11. The van der Waals surface area contributed by atoms with Gasteiger partial charge in [0.15, 0.2) is 0 Å². The first-order chi connectivity index (χ1) is 9.86. The number of rotatable bonds is 4. The maximum atomic E-state index is 2.19. The maximum Gasteiger partial charge on any atom is 0.132 e. The van der Waals surface area contributed by atoms with Gasteiger partial charge in [-0.15, -0.1) is 0 Å². The van der Waals surface area contributed by atoms with E-state index in [-0.39, 0.29) is 12.4 Å². The molecule has 2 aromatic carbocycles. The highest BCUT2D eigenvalue weighted by molar-refractivity contribution is 5.71. The normalized spacial score (nSPS) is 11.3. The van der Waals surface area contributed by atoms with Gasteiger partial charge in [-0.25, -0.2) is 0 Å². The largest absolute Gasteiger partial charge is 1.00 e. The second-order valence-corrected chi connectivity index (χ2v) is 6.42. The summed E-state index contributed by atoms with van der Waals surface area (Å²) in [6.45, 7) is 0. The van der Waals surface area contributed by atoms with E-state index in [1.165, 1.54) is 22.5 Å². The molecule has 2 aromatic rings. The standard InChI is InChI=1S/C19H25N2.ClH/c1-20(2)18-12-8-16(9-13-18)6-7-17-10-14-19(15-11-17)21(3,4)5;/h6-15H,1-5H3;1H/q+1;/p-1/b7-6+;. The number of hydrogen-bond donors (Lipinski definition) is 0. The molecular formula is C19H25ClN2. The van der Waals surface area contributed by atoms with Crippen LogP contribution in [0, 0.1) is 0 Å². The topological polar surface area (TPSA) is 3.24 Å². The van der Waals surface area contributed by atoms with Gasteiger partial charge in [0.1, 0.15) is 5.69 Å². The first kappa shape index (κ1) is 18.3. The van der Waals surface area contributed by atoms with Crippen molar-refractivity contribution in [2.75, 3.05) is 40.1 Å². The van der Waals surface area contributed by atoms with E-state index < -0.39 is 0 Å². The van der Waals surface area contributed by atoms with E-state index >= 15 is 0 Å². The van der Waals surface area contributed by atoms with Crippen LogP contribution in [0.3, 0.4) is 0 Å². The molecule has 0 saturated carbocycles. The van der Waals surface area contributed by atoms with Crippen LogP contribution in [0.5, 0.6) is 0 Å². The van der Waals surface area contributed by atoms with E-state index in [2.05, 4.69) is 101 Å². The molecule has 2 nitrogen and oxygen atoms in total. The lowest BCUT2D eigenvalue weighted by Crippen LogP contribution is -3.00. The van der Waals surface area contributed by atoms with Crippen LogP contribution in [0.2, 0.25) is 0 Å². The smallest absolute Gasteiger partial charge is 0.132 e. The summed E-state index contributed by atoms with van der Waals surface area (Å²) in [4.78, 5) is 2.11. The van der Waals surface area contributed by atoms with Crippen molar-refractivity contribution in [3.05, 3.63) is 59.7 Å². The Morgan fingerprint density at radius 3 is 1.50 bits per heavy atom. The third-order valence-electron chi connectivity index (χ3n) is 3.55. The van der Waals surface area contributed by atoms with Crippen LogP contribution in [-0.2, 0) is 0 Å². The maximum absolute atomic E-state index is 2.19. The van der Waals surface area contributed by atoms with Gasteiger partial charge in [0.05, 0.1) is 21.1 Å². The van der Waals surface area contributed by atoms with Crippen LogP contribution in [0.1, 0.15) is 11.1 Å². The summed E-state index contributed by atoms with van der Waals surface area (Å²) in [6.07, 6.45) is 4.31. The molecule has 0 spiro atoms. The molecule has 0 bridgehead atoms. The quantitative estimate of drug-likeness (QED) is 0.604. The fourth-order valence-corrected chi connectivity index (χ4v) is 2.11. The van der Waals surface area contributed by atoms with E-state index in [1.807, 2.05) is 0 Å². The zero-order valence-electron chi connectivity index (χ0n) is 14.0. The number of quaternary nitrogens is 1. The Morgan fingerprint density at radius 2 is 1.14 bits per heavy atom. The van der Waals surface area contributed by atoms with E-state index in [1.54, 1.807) is 0 Å². The lowest BCUT2D eigenvalue weighted by molar-refractivity contribution is -0.00000452. The Hall–Kier alpha value is -1.77. The van der Waals surface area contributed by atoms with E-state index in [9.17, 15) is 0 Å². The van der Waals surface area contributed by atoms with Crippen molar-refractivity contribution in [3.8, 4) is 0 Å². The van der Waals surface area contributed by atoms with Crippen LogP contribution >= 0.6 is 0 Å². The Morgan fingerprint density at radius 1 is 0.727 bits per heavy atom. The Balaban J connectivity index is 0.00000242. The van der Waals surface area contributed by atoms with Gasteiger partial charge >= 0.3 is 0 Å². The number of halogens is 1. The molecule has 0 atom stereocenters. The van der Waals surface area contributed by atoms with Gasteiger partial charge in [0.25, 0.3) is 0 Å². The van der Waals surface area contributed by atoms with Gasteiger partial charge in [0, 0.05) is 19.8 Å². The molecule has 0 aliphatic heterocycles. The summed E-state index contributed by atoms with van der Waals surface area (Å²) >= 11 is 0. The SMILES string of the molecule is CN(C)c1ccc(/C=C/c2ccc([N+](C)(C)C)cc2)cc1.[Cl-]. The Kier molecular flexibility index (Phi) is 6.21. The van der Waals surface area contributed by atoms with Crippen molar-refractivity contribution in [3.63, 3.8) is 0 Å². The summed E-state index contributed by atoms with van der Waals surface area (Å²) in [5.74, 6) is 0. The molecule has 0 fully saturated rings. The summed E-state index contributed by atoms with van der Waals surface area (Å²) in [5.41, 5.74) is 4.97. The molecule has 0 saturated heterocycles. The predicted molar refractivity (Wildman–Crippen MR) is 95.7 cm³/mol. The van der Waals surface area contributed by atoms with Crippen LogP contribution < -0.4 is 21.8 Å². The highest BCUT2D eigenvalue weighted by Gasteiger charge is 2.10. The zero-order valence-corrected chi connectivity index (χ0v) is 14.8. The summed E-state index contributed by atoms with van der Waals surface area (Å²) in [7, 11) is 10.6. The highest BCUT2D eigenvalue weighted by Crippen LogP contribution is 2.19. The second-order valence-electron chi connectivity index (χ2n) is 6.42. The van der Waals surface area contributed by atoms with Crippen molar-refractivity contribution in [2.45, 2.75) is 0 Å². The van der Waals surface area contributed by atoms with Gasteiger partial charge in [0.2, 0.25) is 0 Å². The van der Waals surface area contributed by atoms with E-state index in [4.69, 9.17) is 0 Å². The van der Waals surface area contributed by atoms with E-state index in [0.29, 0.717) is 0 Å². The number of anilines is 1. The first-order valence-corrected chi connectivity index (χ1v) is 7.24. The molecular weight excluding hydrogens is 292 g/mol. The molecule has 0 heterocycles. The molecule has 2 rings (SSSR count). The molecule has 0 aliphatic carbocycles. The third kappa shape index (κ3) is 4.90. The average molecular weight is 317 g/mol. The molecule has 0 unspecified atom stereocenters. The second kappa shape index (κ2) is 7.48. The van der Waals surface area contributed by atoms with E-state index in [0.717, 1.165) is 4.48 Å². The van der Waals surface area contributed by atoms with Crippen molar-refractivity contribution in [1.29, 1.82) is 0 Å². The number of hydrogen-bond acceptors (Lipinski definition) is 1. The Labute approximate surface area is 140 Å². The van der Waals surface area contributed by atoms with Gasteiger partial charge in [-0.2, -0.15) is 0 Å². The summed E-state index contributed by atoms with van der Waals surface area (Å²) in [5, 5.41) is 0. The molecule has 0 N–H and O–H groups in total. The molecule has 0 aliphatic rings. The fraction of sp³-hybridized carbons (Fsp3) is 0.263. The summed E-state index contributed by atoms with van der Waals surface area (Å²) in [6, 6.07) is 17.3. The van der Waals surface area contributed by atoms with Gasteiger partial charge in [-0.1, -0.05) is 24.3 Å². The van der Waals surface area contributed by atoms with Crippen LogP contribution in [-0.4, -0.2) is 35.2 Å². The molecule has 0 amide bonds. The minimum Gasteiger partial charge on any atom is -1.00 e. The van der Waals surface area contributed by atoms with Crippen molar-refractivity contribution in [1.82, 2.24) is 4.48 Å². The van der Waals surface area contributed by atoms with Crippen molar-refractivity contribution < 1.29 is 12.4 Å². The Bertz CT molecular complexity index is 605. The first-order valence-electron chi connectivity index (χ1n) is 7.24. The predicted octanol–water partition coefficient (Wildman–Crippen LogP) is 1.12. The monoisotopic (exact) mass is 316 g/mol. The number of benzene rings is 2. The van der Waals surface area contributed by atoms with Crippen molar-refractivity contribution >= 4 is 23.5 Å². The van der Waals surface area contributed by atoms with Gasteiger partial charge < -0.3 is 17.3 Å². The average Bonchev–Trinajstić information content (AvgIpc) is 2.45. The minimum absolute atomic E-state index is 0. The zero-order chi connectivity index (χ0) is 15.5. The highest BCUT2D eigenvalue weighted by atomic mass is 35.5. The van der Waals surface area contributed by atoms with Gasteiger partial charge in [-0.05, 0) is 47.5 Å². The van der Waals surface area contributed by atoms with Crippen molar-refractivity contribution in [2.24, 2.45) is 0 Å². The van der Waals surface area contributed by atoms with Crippen LogP contribution in [0.25, 0.3) is 12.2 Å². The molecule has 22 heavy (non-hydrogen) atoms. The molecule has 0 aromatic heterocycles. The lowest BCUT2D eigenvalue weighted by Gasteiger charge is -2.23.